The minimum absolute atomic E-state index is 1.07. The lowest BCUT2D eigenvalue weighted by atomic mass is 10.8. The lowest BCUT2D eigenvalue weighted by molar-refractivity contribution is 0.919. The van der Waals surface area contributed by atoms with Gasteiger partial charge in [-0.15, -0.1) is 0 Å². The van der Waals surface area contributed by atoms with Gasteiger partial charge in [0.1, 0.15) is 0 Å². The molecule has 0 bridgehead atoms. The third kappa shape index (κ3) is 0.389. The molecule has 0 amide bonds. The largest absolute Gasteiger partial charge is 0.328 e. The van der Waals surface area contributed by atoms with E-state index in [-0.39, 0.29) is 0 Å². The van der Waals surface area contributed by atoms with Gasteiger partial charge >= 0.3 is 0 Å². The number of hydrogen-bond donors (Lipinski definition) is 2. The maximum absolute atomic E-state index is 4.92. The van der Waals surface area contributed by atoms with E-state index in [0.717, 1.165) is 12.1 Å². The molecule has 0 radical (unpaired) electrons. The third-order valence-electron chi connectivity index (χ3n) is 0.594. The second-order valence-corrected chi connectivity index (χ2v) is 1.08. The molecule has 1 aliphatic carbocycles. The number of hydrazine groups is 1. The predicted molar refractivity (Wildman–Crippen MR) is 20.0 cm³/mol. The summed E-state index contributed by atoms with van der Waals surface area (Å²) in [6, 6.07) is 0. The molecule has 0 aliphatic heterocycles. The zero-order valence-electron chi connectivity index (χ0n) is 2.86. The van der Waals surface area contributed by atoms with E-state index >= 15 is 0 Å². The Kier molecular flexibility index (Phi) is 0.394. The van der Waals surface area contributed by atoms with Gasteiger partial charge in [-0.05, 0) is 0 Å². The topological polar surface area (TPSA) is 38.0 Å². The number of hydrogen-bond acceptors (Lipinski definition) is 2. The maximum atomic E-state index is 4.92. The van der Waals surface area contributed by atoms with Crippen molar-refractivity contribution in [3.63, 3.8) is 0 Å². The van der Waals surface area contributed by atoms with Gasteiger partial charge in [-0.1, -0.05) is 6.08 Å². The van der Waals surface area contributed by atoms with E-state index in [1.165, 1.54) is 0 Å². The van der Waals surface area contributed by atoms with Gasteiger partial charge in [-0.3, -0.25) is 5.84 Å². The summed E-state index contributed by atoms with van der Waals surface area (Å²) in [4.78, 5) is 0. The molecule has 0 unspecified atom stereocenters. The Balaban J connectivity index is 2.22. The molecule has 0 saturated heterocycles. The molecule has 2 nitrogen and oxygen atoms in total. The third-order valence-corrected chi connectivity index (χ3v) is 0.594. The molecule has 1 rings (SSSR count). The molecular weight excluding hydrogens is 64.0 g/mol. The highest BCUT2D eigenvalue weighted by atomic mass is 15.2. The van der Waals surface area contributed by atoms with Crippen LogP contribution in [0.3, 0.4) is 0 Å². The van der Waals surface area contributed by atoms with Crippen molar-refractivity contribution in [2.45, 2.75) is 6.42 Å². The molecule has 1 aliphatic rings. The number of nitrogens with two attached hydrogens (primary N) is 1. The van der Waals surface area contributed by atoms with E-state index in [1.54, 1.807) is 0 Å². The van der Waals surface area contributed by atoms with Crippen LogP contribution in [-0.4, -0.2) is 0 Å². The van der Waals surface area contributed by atoms with Gasteiger partial charge in [0.05, 0.1) is 0 Å². The smallest absolute Gasteiger partial charge is 0.0261 e. The molecule has 0 aromatic rings. The molecule has 28 valence electrons. The van der Waals surface area contributed by atoms with Crippen LogP contribution >= 0.6 is 0 Å². The molecule has 0 saturated carbocycles. The average Bonchev–Trinajstić information content (AvgIpc) is 2.12. The first-order valence-corrected chi connectivity index (χ1v) is 1.59. The van der Waals surface area contributed by atoms with Gasteiger partial charge in [0.2, 0.25) is 0 Å². The molecule has 2 heteroatoms. The molecular formula is C3H6N2. The van der Waals surface area contributed by atoms with Crippen molar-refractivity contribution < 1.29 is 0 Å². The van der Waals surface area contributed by atoms with Crippen LogP contribution in [0.5, 0.6) is 0 Å². The van der Waals surface area contributed by atoms with Crippen molar-refractivity contribution in [2.24, 2.45) is 5.84 Å². The molecule has 3 N–H and O–H groups in total. The normalized spacial score (nSPS) is 17.4. The van der Waals surface area contributed by atoms with Crippen LogP contribution in [0.2, 0.25) is 0 Å². The Morgan fingerprint density at radius 3 is 2.60 bits per heavy atom. The van der Waals surface area contributed by atoms with Crippen LogP contribution in [0.15, 0.2) is 11.8 Å². The second kappa shape index (κ2) is 0.723. The summed E-state index contributed by atoms with van der Waals surface area (Å²) in [5.74, 6) is 4.92. The van der Waals surface area contributed by atoms with Crippen LogP contribution in [0.1, 0.15) is 6.42 Å². The summed E-state index contributed by atoms with van der Waals surface area (Å²) >= 11 is 0. The van der Waals surface area contributed by atoms with Crippen LogP contribution < -0.4 is 11.3 Å². The summed E-state index contributed by atoms with van der Waals surface area (Å²) in [6.45, 7) is 0. The van der Waals surface area contributed by atoms with Crippen molar-refractivity contribution >= 4 is 0 Å². The van der Waals surface area contributed by atoms with E-state index in [1.807, 2.05) is 6.08 Å². The number of rotatable bonds is 1. The van der Waals surface area contributed by atoms with E-state index in [2.05, 4.69) is 5.43 Å². The van der Waals surface area contributed by atoms with Crippen LogP contribution in [0, 0.1) is 0 Å². The van der Waals surface area contributed by atoms with Gasteiger partial charge in [0.25, 0.3) is 0 Å². The quantitative estimate of drug-likeness (QED) is 0.329. The number of allylic oxidation sites excluding steroid dienone is 2. The first kappa shape index (κ1) is 2.72. The molecule has 0 aromatic carbocycles. The molecule has 5 heavy (non-hydrogen) atoms. The lowest BCUT2D eigenvalue weighted by Crippen LogP contribution is -2.14. The fourth-order valence-electron chi connectivity index (χ4n) is 0.169. The van der Waals surface area contributed by atoms with Gasteiger partial charge in [0.15, 0.2) is 0 Å². The SMILES string of the molecule is NNC1=CC1. The van der Waals surface area contributed by atoms with Crippen LogP contribution in [0.4, 0.5) is 0 Å². The average molecular weight is 70.1 g/mol. The highest BCUT2D eigenvalue weighted by Gasteiger charge is 2.00. The first-order chi connectivity index (χ1) is 2.43. The lowest BCUT2D eigenvalue weighted by Gasteiger charge is -1.79. The minimum atomic E-state index is 1.07. The molecule has 0 heterocycles. The fourth-order valence-corrected chi connectivity index (χ4v) is 0.169. The van der Waals surface area contributed by atoms with E-state index in [4.69, 9.17) is 5.84 Å². The molecule has 0 fully saturated rings. The van der Waals surface area contributed by atoms with E-state index in [9.17, 15) is 0 Å². The van der Waals surface area contributed by atoms with Gasteiger partial charge in [0, 0.05) is 12.1 Å². The molecule has 0 atom stereocenters. The van der Waals surface area contributed by atoms with Crippen molar-refractivity contribution in [1.29, 1.82) is 0 Å². The van der Waals surface area contributed by atoms with Gasteiger partial charge in [-0.2, -0.15) is 0 Å². The summed E-state index contributed by atoms with van der Waals surface area (Å²) in [5.41, 5.74) is 3.66. The molecule has 0 spiro atoms. The van der Waals surface area contributed by atoms with E-state index in [0.29, 0.717) is 0 Å². The van der Waals surface area contributed by atoms with Crippen LogP contribution in [-0.2, 0) is 0 Å². The van der Waals surface area contributed by atoms with Gasteiger partial charge in [-0.25, -0.2) is 0 Å². The summed E-state index contributed by atoms with van der Waals surface area (Å²) in [5, 5.41) is 0. The highest BCUT2D eigenvalue weighted by molar-refractivity contribution is 5.17. The minimum Gasteiger partial charge on any atom is -0.328 e. The highest BCUT2D eigenvalue weighted by Crippen LogP contribution is 2.10. The van der Waals surface area contributed by atoms with Crippen LogP contribution in [0.25, 0.3) is 0 Å². The zero-order valence-corrected chi connectivity index (χ0v) is 2.86. The standard InChI is InChI=1S/C3H6N2/c4-5-3-1-2-3/h1,5H,2,4H2. The predicted octanol–water partition coefficient (Wildman–Crippen LogP) is -0.263. The monoisotopic (exact) mass is 70.1 g/mol. The zero-order chi connectivity index (χ0) is 3.70. The summed E-state index contributed by atoms with van der Waals surface area (Å²) < 4.78 is 0. The van der Waals surface area contributed by atoms with Crippen molar-refractivity contribution in [3.05, 3.63) is 11.8 Å². The second-order valence-electron chi connectivity index (χ2n) is 1.08. The number of nitrogens with one attached hydrogen (secondary N) is 1. The Hall–Kier alpha value is -0.500. The Bertz CT molecular complexity index is 65.3. The maximum Gasteiger partial charge on any atom is 0.0261 e. The van der Waals surface area contributed by atoms with Gasteiger partial charge < -0.3 is 5.43 Å². The van der Waals surface area contributed by atoms with Crippen molar-refractivity contribution in [1.82, 2.24) is 5.43 Å². The van der Waals surface area contributed by atoms with Crippen molar-refractivity contribution in [2.75, 3.05) is 0 Å². The summed E-state index contributed by atoms with van der Waals surface area (Å²) in [7, 11) is 0. The Morgan fingerprint density at radius 1 is 2.00 bits per heavy atom. The first-order valence-electron chi connectivity index (χ1n) is 1.59. The fraction of sp³-hybridized carbons (Fsp3) is 0.333. The van der Waals surface area contributed by atoms with E-state index < -0.39 is 0 Å². The Morgan fingerprint density at radius 2 is 2.60 bits per heavy atom. The molecule has 0 aromatic heterocycles. The van der Waals surface area contributed by atoms with Crippen molar-refractivity contribution in [3.8, 4) is 0 Å². The summed E-state index contributed by atoms with van der Waals surface area (Å²) in [6.07, 6.45) is 3.09. The Labute approximate surface area is 30.6 Å².